The highest BCUT2D eigenvalue weighted by Crippen LogP contribution is 2.39. The van der Waals surface area contributed by atoms with Gasteiger partial charge in [0.25, 0.3) is 5.66 Å². The number of ketones is 1. The van der Waals surface area contributed by atoms with E-state index in [4.69, 9.17) is 16.7 Å². The quantitative estimate of drug-likeness (QED) is 0.108. The number of carboxylic acids is 2. The second kappa shape index (κ2) is 11.0. The number of nitrogens with zero attached hydrogens (tertiary/aromatic N) is 3. The molecule has 2 aromatic carbocycles. The minimum atomic E-state index is -3.18. The Morgan fingerprint density at radius 3 is 2.21 bits per heavy atom. The first-order valence-corrected chi connectivity index (χ1v) is 11.3. The summed E-state index contributed by atoms with van der Waals surface area (Å²) >= 11 is 0. The van der Waals surface area contributed by atoms with Crippen molar-refractivity contribution in [1.29, 1.82) is 0 Å². The number of likely N-dealkylation sites (tertiary alicyclic amines) is 1. The molecule has 3 atom stereocenters. The number of Topliss-reactive ketones (excluding diaryl/α,β-unsaturated/α-hetero) is 1. The lowest BCUT2D eigenvalue weighted by Gasteiger charge is -2.44. The fourth-order valence-corrected chi connectivity index (χ4v) is 4.38. The highest BCUT2D eigenvalue weighted by atomic mass is 16.4. The van der Waals surface area contributed by atoms with Crippen molar-refractivity contribution in [3.63, 3.8) is 0 Å². The Morgan fingerprint density at radius 1 is 1.11 bits per heavy atom. The number of benzene rings is 2. The van der Waals surface area contributed by atoms with Crippen LogP contribution in [0.15, 0.2) is 59.7 Å². The molecule has 1 saturated heterocycles. The Balaban J connectivity index is 2.21. The molecule has 1 aliphatic heterocycles. The van der Waals surface area contributed by atoms with Crippen LogP contribution in [0, 0.1) is 0 Å². The Hall–Kier alpha value is -4.91. The first kappa shape index (κ1) is 27.7. The van der Waals surface area contributed by atoms with Gasteiger partial charge in [0, 0.05) is 12.1 Å². The summed E-state index contributed by atoms with van der Waals surface area (Å²) in [6.45, 7) is 0.814. The lowest BCUT2D eigenvalue weighted by molar-refractivity contribution is -0.168. The number of carbonyl (C=O) groups excluding carboxylic acids is 4. The molecule has 13 nitrogen and oxygen atoms in total. The SMILES string of the molecule is CC(=O)[C@](C(=O)O)(N1C(=O)CC(c2ccc(C=NN)cc2)C1=O)N(C(=O)[C@@H](N)CC(=O)O)c1ccccc1. The molecule has 6 N–H and O–H groups in total. The summed E-state index contributed by atoms with van der Waals surface area (Å²) in [5.74, 6) is -4.08. The number of aliphatic carboxylic acids is 2. The Morgan fingerprint density at radius 2 is 1.71 bits per heavy atom. The third-order valence-electron chi connectivity index (χ3n) is 6.09. The van der Waals surface area contributed by atoms with Gasteiger partial charge in [-0.05, 0) is 30.2 Å². The summed E-state index contributed by atoms with van der Waals surface area (Å²) in [4.78, 5) is 78.5. The topological polar surface area (TPSA) is 214 Å². The largest absolute Gasteiger partial charge is 0.481 e. The van der Waals surface area contributed by atoms with Crippen LogP contribution in [0.25, 0.3) is 0 Å². The first-order valence-electron chi connectivity index (χ1n) is 11.3. The van der Waals surface area contributed by atoms with Crippen molar-refractivity contribution >= 4 is 47.3 Å². The Kier molecular flexibility index (Phi) is 8.01. The van der Waals surface area contributed by atoms with Gasteiger partial charge in [0.1, 0.15) is 0 Å². The lowest BCUT2D eigenvalue weighted by Crippen LogP contribution is -2.74. The molecule has 0 aliphatic carbocycles. The van der Waals surface area contributed by atoms with Crippen LogP contribution in [0.5, 0.6) is 0 Å². The fraction of sp³-hybridized carbons (Fsp3) is 0.240. The molecule has 13 heteroatoms. The van der Waals surface area contributed by atoms with Crippen molar-refractivity contribution in [2.75, 3.05) is 4.90 Å². The third kappa shape index (κ3) is 4.86. The summed E-state index contributed by atoms with van der Waals surface area (Å²) in [6, 6.07) is 11.3. The zero-order chi connectivity index (χ0) is 28.2. The maximum atomic E-state index is 13.7. The highest BCUT2D eigenvalue weighted by Gasteiger charge is 2.64. The molecule has 1 unspecified atom stereocenters. The number of nitrogens with two attached hydrogens (primary N) is 2. The molecule has 0 aromatic heterocycles. The average molecular weight is 524 g/mol. The van der Waals surface area contributed by atoms with Gasteiger partial charge >= 0.3 is 11.9 Å². The number of rotatable bonds is 10. The second-order valence-electron chi connectivity index (χ2n) is 8.52. The minimum absolute atomic E-state index is 0.189. The van der Waals surface area contributed by atoms with Crippen LogP contribution in [0.3, 0.4) is 0 Å². The molecule has 3 amide bonds. The number of carboxylic acid groups (broad SMARTS) is 2. The van der Waals surface area contributed by atoms with Gasteiger partial charge < -0.3 is 21.8 Å². The van der Waals surface area contributed by atoms with Gasteiger partial charge in [0.2, 0.25) is 17.7 Å². The summed E-state index contributed by atoms with van der Waals surface area (Å²) in [5.41, 5.74) is 3.38. The molecule has 1 heterocycles. The molecule has 1 fully saturated rings. The van der Waals surface area contributed by atoms with E-state index in [1.54, 1.807) is 18.2 Å². The van der Waals surface area contributed by atoms with Crippen molar-refractivity contribution in [1.82, 2.24) is 4.90 Å². The number of hydrogen-bond donors (Lipinski definition) is 4. The van der Waals surface area contributed by atoms with E-state index >= 15 is 0 Å². The predicted molar refractivity (Wildman–Crippen MR) is 133 cm³/mol. The van der Waals surface area contributed by atoms with Crippen LogP contribution in [0.1, 0.15) is 36.8 Å². The zero-order valence-electron chi connectivity index (χ0n) is 20.2. The number of para-hydroxylation sites is 1. The van der Waals surface area contributed by atoms with E-state index in [9.17, 15) is 33.9 Å². The molecule has 0 bridgehead atoms. The number of hydrazone groups is 1. The number of hydrogen-bond acceptors (Lipinski definition) is 9. The smallest absolute Gasteiger partial charge is 0.360 e. The van der Waals surface area contributed by atoms with E-state index in [1.807, 2.05) is 0 Å². The fourth-order valence-electron chi connectivity index (χ4n) is 4.38. The van der Waals surface area contributed by atoms with E-state index in [0.717, 1.165) is 6.92 Å². The molecular weight excluding hydrogens is 498 g/mol. The number of imide groups is 1. The maximum Gasteiger partial charge on any atom is 0.360 e. The monoisotopic (exact) mass is 523 g/mol. The van der Waals surface area contributed by atoms with Crippen LogP contribution in [-0.2, 0) is 28.8 Å². The van der Waals surface area contributed by atoms with Gasteiger partial charge in [0.05, 0.1) is 24.6 Å². The third-order valence-corrected chi connectivity index (χ3v) is 6.09. The molecule has 0 radical (unpaired) electrons. The summed E-state index contributed by atoms with van der Waals surface area (Å²) in [7, 11) is 0. The predicted octanol–water partition coefficient (Wildman–Crippen LogP) is 0.0268. The van der Waals surface area contributed by atoms with E-state index in [2.05, 4.69) is 5.10 Å². The molecule has 198 valence electrons. The highest BCUT2D eigenvalue weighted by molar-refractivity contribution is 6.23. The summed E-state index contributed by atoms with van der Waals surface area (Å²) < 4.78 is 0. The maximum absolute atomic E-state index is 13.7. The minimum Gasteiger partial charge on any atom is -0.481 e. The normalized spacial score (nSPS) is 17.7. The van der Waals surface area contributed by atoms with E-state index < -0.39 is 65.9 Å². The zero-order valence-corrected chi connectivity index (χ0v) is 20.2. The van der Waals surface area contributed by atoms with Crippen molar-refractivity contribution in [2.24, 2.45) is 16.7 Å². The van der Waals surface area contributed by atoms with Crippen LogP contribution in [-0.4, -0.2) is 68.5 Å². The molecule has 0 spiro atoms. The second-order valence-corrected chi connectivity index (χ2v) is 8.52. The standard InChI is InChI=1S/C25H25N5O8/c1-14(31)25(24(37)38,29(17-5-3-2-4-6-17)23(36)19(26)12-21(33)34)30-20(32)11-18(22(30)35)16-9-7-15(8-10-16)13-28-27/h2-10,13,18-19H,11-12,26-27H2,1H3,(H,33,34)(H,37,38)/t18?,19-,25+/m0/s1. The average Bonchev–Trinajstić information content (AvgIpc) is 3.16. The van der Waals surface area contributed by atoms with Crippen LogP contribution >= 0.6 is 0 Å². The summed E-state index contributed by atoms with van der Waals surface area (Å²) in [5, 5.41) is 23.0. The van der Waals surface area contributed by atoms with Crippen LogP contribution in [0.4, 0.5) is 5.69 Å². The van der Waals surface area contributed by atoms with Gasteiger partial charge in [-0.15, -0.1) is 0 Å². The van der Waals surface area contributed by atoms with Crippen molar-refractivity contribution in [2.45, 2.75) is 37.4 Å². The molecule has 38 heavy (non-hydrogen) atoms. The van der Waals surface area contributed by atoms with Crippen LogP contribution in [0.2, 0.25) is 0 Å². The summed E-state index contributed by atoms with van der Waals surface area (Å²) in [6.07, 6.45) is -0.0329. The molecule has 1 aliphatic rings. The van der Waals surface area contributed by atoms with E-state index in [-0.39, 0.29) is 10.6 Å². The molecule has 3 rings (SSSR count). The van der Waals surface area contributed by atoms with Gasteiger partial charge in [-0.3, -0.25) is 28.9 Å². The number of anilines is 1. The number of amides is 3. The molecule has 2 aromatic rings. The van der Waals surface area contributed by atoms with Gasteiger partial charge in [0.15, 0.2) is 5.78 Å². The van der Waals surface area contributed by atoms with E-state index in [0.29, 0.717) is 16.0 Å². The first-order chi connectivity index (χ1) is 18.0. The molecular formula is C25H25N5O8. The van der Waals surface area contributed by atoms with E-state index in [1.165, 1.54) is 42.6 Å². The lowest BCUT2D eigenvalue weighted by atomic mass is 9.95. The van der Waals surface area contributed by atoms with Crippen molar-refractivity contribution < 1.29 is 39.0 Å². The van der Waals surface area contributed by atoms with Gasteiger partial charge in [-0.25, -0.2) is 9.69 Å². The number of carbonyl (C=O) groups is 6. The Labute approximate surface area is 216 Å². The van der Waals surface area contributed by atoms with Gasteiger partial charge in [-0.2, -0.15) is 5.10 Å². The molecule has 0 saturated carbocycles. The van der Waals surface area contributed by atoms with Gasteiger partial charge in [-0.1, -0.05) is 42.5 Å². The van der Waals surface area contributed by atoms with Crippen molar-refractivity contribution in [3.8, 4) is 0 Å². The van der Waals surface area contributed by atoms with Crippen molar-refractivity contribution in [3.05, 3.63) is 65.7 Å². The Bertz CT molecular complexity index is 1290. The van der Waals surface area contributed by atoms with Crippen LogP contribution < -0.4 is 16.5 Å².